The van der Waals surface area contributed by atoms with Gasteiger partial charge >= 0.3 is 0 Å². The predicted molar refractivity (Wildman–Crippen MR) is 86.0 cm³/mol. The van der Waals surface area contributed by atoms with Crippen LogP contribution in [0.3, 0.4) is 0 Å². The first kappa shape index (κ1) is 13.9. The average Bonchev–Trinajstić information content (AvgIpc) is 3.25. The normalized spacial score (nSPS) is 17.5. The molecule has 0 aliphatic carbocycles. The standard InChI is InChI=1S/C17H16N4O2/c22-17(13-6-7-23-11-13)20-16-9-19-15-8-18-14(10-21(15)16)12-4-2-1-3-5-12/h1-5,8-10,13H,6-7,11H2,(H,20,22). The maximum absolute atomic E-state index is 12.3. The number of carbonyl (C=O) groups excluding carboxylic acids is 1. The molecule has 6 heteroatoms. The highest BCUT2D eigenvalue weighted by Crippen LogP contribution is 2.20. The van der Waals surface area contributed by atoms with Crippen LogP contribution in [0.1, 0.15) is 6.42 Å². The Kier molecular flexibility index (Phi) is 3.51. The molecule has 3 aromatic rings. The molecule has 1 saturated heterocycles. The van der Waals surface area contributed by atoms with Gasteiger partial charge in [-0.2, -0.15) is 0 Å². The molecule has 116 valence electrons. The molecule has 1 aromatic carbocycles. The van der Waals surface area contributed by atoms with Gasteiger partial charge in [0.25, 0.3) is 0 Å². The Morgan fingerprint density at radius 2 is 2.09 bits per heavy atom. The van der Waals surface area contributed by atoms with E-state index in [4.69, 9.17) is 4.74 Å². The van der Waals surface area contributed by atoms with Crippen LogP contribution in [0.15, 0.2) is 48.9 Å². The smallest absolute Gasteiger partial charge is 0.231 e. The molecule has 4 rings (SSSR count). The molecule has 1 atom stereocenters. The molecule has 1 N–H and O–H groups in total. The van der Waals surface area contributed by atoms with Crippen molar-refractivity contribution in [1.29, 1.82) is 0 Å². The zero-order valence-electron chi connectivity index (χ0n) is 12.5. The van der Waals surface area contributed by atoms with Gasteiger partial charge in [-0.15, -0.1) is 0 Å². The van der Waals surface area contributed by atoms with Gasteiger partial charge in [-0.1, -0.05) is 30.3 Å². The van der Waals surface area contributed by atoms with E-state index in [1.807, 2.05) is 40.9 Å². The first-order chi connectivity index (χ1) is 11.3. The Labute approximate surface area is 133 Å². The van der Waals surface area contributed by atoms with E-state index in [1.54, 1.807) is 12.4 Å². The fourth-order valence-corrected chi connectivity index (χ4v) is 2.71. The molecule has 1 amide bonds. The van der Waals surface area contributed by atoms with Crippen LogP contribution >= 0.6 is 0 Å². The lowest BCUT2D eigenvalue weighted by Crippen LogP contribution is -2.23. The van der Waals surface area contributed by atoms with Crippen molar-refractivity contribution < 1.29 is 9.53 Å². The summed E-state index contributed by atoms with van der Waals surface area (Å²) in [6, 6.07) is 9.91. The van der Waals surface area contributed by atoms with Crippen LogP contribution in [0.25, 0.3) is 16.9 Å². The number of nitrogens with one attached hydrogen (secondary N) is 1. The maximum Gasteiger partial charge on any atom is 0.231 e. The number of carbonyl (C=O) groups is 1. The number of fused-ring (bicyclic) bond motifs is 1. The Hall–Kier alpha value is -2.73. The number of ether oxygens (including phenoxy) is 1. The van der Waals surface area contributed by atoms with Gasteiger partial charge in [0, 0.05) is 18.4 Å². The Bertz CT molecular complexity index is 838. The van der Waals surface area contributed by atoms with E-state index in [1.165, 1.54) is 0 Å². The van der Waals surface area contributed by atoms with Gasteiger partial charge in [-0.25, -0.2) is 4.98 Å². The van der Waals surface area contributed by atoms with Crippen molar-refractivity contribution in [3.63, 3.8) is 0 Å². The molecule has 6 nitrogen and oxygen atoms in total. The minimum Gasteiger partial charge on any atom is -0.381 e. The van der Waals surface area contributed by atoms with E-state index in [-0.39, 0.29) is 11.8 Å². The molecule has 1 unspecified atom stereocenters. The highest BCUT2D eigenvalue weighted by Gasteiger charge is 2.24. The first-order valence-corrected chi connectivity index (χ1v) is 7.58. The number of benzene rings is 1. The van der Waals surface area contributed by atoms with Crippen LogP contribution in [0.2, 0.25) is 0 Å². The van der Waals surface area contributed by atoms with E-state index >= 15 is 0 Å². The third-order valence-corrected chi connectivity index (χ3v) is 4.02. The summed E-state index contributed by atoms with van der Waals surface area (Å²) in [6.07, 6.45) is 6.01. The van der Waals surface area contributed by atoms with Crippen LogP contribution in [0.5, 0.6) is 0 Å². The molecule has 0 bridgehead atoms. The summed E-state index contributed by atoms with van der Waals surface area (Å²) in [6.45, 7) is 1.13. The van der Waals surface area contributed by atoms with E-state index in [9.17, 15) is 4.79 Å². The second-order valence-corrected chi connectivity index (χ2v) is 5.56. The zero-order valence-corrected chi connectivity index (χ0v) is 12.5. The third kappa shape index (κ3) is 2.68. The van der Waals surface area contributed by atoms with Gasteiger partial charge < -0.3 is 10.1 Å². The quantitative estimate of drug-likeness (QED) is 0.806. The molecule has 0 saturated carbocycles. The fraction of sp³-hybridized carbons (Fsp3) is 0.235. The van der Waals surface area contributed by atoms with Gasteiger partial charge in [0.15, 0.2) is 5.65 Å². The molecule has 23 heavy (non-hydrogen) atoms. The molecule has 3 heterocycles. The maximum atomic E-state index is 12.3. The highest BCUT2D eigenvalue weighted by molar-refractivity contribution is 5.92. The van der Waals surface area contributed by atoms with Gasteiger partial charge in [-0.3, -0.25) is 14.2 Å². The minimum atomic E-state index is -0.0871. The lowest BCUT2D eigenvalue weighted by atomic mass is 10.1. The number of anilines is 1. The Balaban J connectivity index is 1.66. The number of nitrogens with zero attached hydrogens (tertiary/aromatic N) is 3. The molecule has 1 fully saturated rings. The van der Waals surface area contributed by atoms with Crippen molar-refractivity contribution in [2.24, 2.45) is 5.92 Å². The van der Waals surface area contributed by atoms with Crippen molar-refractivity contribution >= 4 is 17.4 Å². The number of rotatable bonds is 3. The molecule has 0 spiro atoms. The lowest BCUT2D eigenvalue weighted by molar-refractivity contribution is -0.119. The summed E-state index contributed by atoms with van der Waals surface area (Å²) >= 11 is 0. The predicted octanol–water partition coefficient (Wildman–Crippen LogP) is 2.37. The van der Waals surface area contributed by atoms with Crippen LogP contribution in [-0.2, 0) is 9.53 Å². The van der Waals surface area contributed by atoms with Crippen LogP contribution < -0.4 is 5.32 Å². The summed E-state index contributed by atoms with van der Waals surface area (Å²) in [5.74, 6) is 0.537. The third-order valence-electron chi connectivity index (χ3n) is 4.02. The van der Waals surface area contributed by atoms with E-state index in [0.717, 1.165) is 17.7 Å². The average molecular weight is 308 g/mol. The second-order valence-electron chi connectivity index (χ2n) is 5.56. The number of imidazole rings is 1. The van der Waals surface area contributed by atoms with E-state index in [0.29, 0.717) is 24.7 Å². The second kappa shape index (κ2) is 5.81. The number of aromatic nitrogens is 3. The van der Waals surface area contributed by atoms with Crippen LogP contribution in [-0.4, -0.2) is 33.5 Å². The molecule has 2 aromatic heterocycles. The van der Waals surface area contributed by atoms with Crippen LogP contribution in [0, 0.1) is 5.92 Å². The van der Waals surface area contributed by atoms with Gasteiger partial charge in [0.2, 0.25) is 5.91 Å². The molecule has 1 aliphatic heterocycles. The number of hydrogen-bond donors (Lipinski definition) is 1. The molecular weight excluding hydrogens is 292 g/mol. The topological polar surface area (TPSA) is 68.5 Å². The minimum absolute atomic E-state index is 0.0256. The van der Waals surface area contributed by atoms with Crippen molar-refractivity contribution in [2.45, 2.75) is 6.42 Å². The van der Waals surface area contributed by atoms with Gasteiger partial charge in [0.1, 0.15) is 5.82 Å². The lowest BCUT2D eigenvalue weighted by Gasteiger charge is -2.09. The Morgan fingerprint density at radius 3 is 2.87 bits per heavy atom. The summed E-state index contributed by atoms with van der Waals surface area (Å²) < 4.78 is 7.12. The largest absolute Gasteiger partial charge is 0.381 e. The van der Waals surface area contributed by atoms with Crippen LogP contribution in [0.4, 0.5) is 5.82 Å². The molecular formula is C17H16N4O2. The zero-order chi connectivity index (χ0) is 15.6. The summed E-state index contributed by atoms with van der Waals surface area (Å²) in [4.78, 5) is 21.0. The molecule has 0 radical (unpaired) electrons. The van der Waals surface area contributed by atoms with E-state index < -0.39 is 0 Å². The number of amides is 1. The summed E-state index contributed by atoms with van der Waals surface area (Å²) in [5.41, 5.74) is 2.54. The van der Waals surface area contributed by atoms with Crippen molar-refractivity contribution in [3.8, 4) is 11.3 Å². The number of hydrogen-bond acceptors (Lipinski definition) is 4. The Morgan fingerprint density at radius 1 is 1.22 bits per heavy atom. The summed E-state index contributed by atoms with van der Waals surface area (Å²) in [7, 11) is 0. The first-order valence-electron chi connectivity index (χ1n) is 7.58. The van der Waals surface area contributed by atoms with Crippen molar-refractivity contribution in [1.82, 2.24) is 14.4 Å². The molecule has 1 aliphatic rings. The monoisotopic (exact) mass is 308 g/mol. The van der Waals surface area contributed by atoms with Crippen molar-refractivity contribution in [2.75, 3.05) is 18.5 Å². The van der Waals surface area contributed by atoms with Gasteiger partial charge in [-0.05, 0) is 6.42 Å². The van der Waals surface area contributed by atoms with Crippen molar-refractivity contribution in [3.05, 3.63) is 48.9 Å². The SMILES string of the molecule is O=C(Nc1cnc2cnc(-c3ccccc3)cn12)C1CCOC1. The van der Waals surface area contributed by atoms with Gasteiger partial charge in [0.05, 0.1) is 30.6 Å². The summed E-state index contributed by atoms with van der Waals surface area (Å²) in [5, 5.41) is 2.94. The highest BCUT2D eigenvalue weighted by atomic mass is 16.5. The van der Waals surface area contributed by atoms with E-state index in [2.05, 4.69) is 15.3 Å². The fourth-order valence-electron chi connectivity index (χ4n) is 2.71.